The van der Waals surface area contributed by atoms with Gasteiger partial charge in [0.2, 0.25) is 0 Å². The molecule has 0 saturated heterocycles. The number of rotatable bonds is 5. The van der Waals surface area contributed by atoms with Crippen molar-refractivity contribution in [2.75, 3.05) is 0 Å². The van der Waals surface area contributed by atoms with E-state index < -0.39 is 29.4 Å². The van der Waals surface area contributed by atoms with E-state index in [1.54, 1.807) is 0 Å². The van der Waals surface area contributed by atoms with Crippen LogP contribution in [0.2, 0.25) is 0 Å². The van der Waals surface area contributed by atoms with Crippen molar-refractivity contribution in [1.82, 2.24) is 14.8 Å². The molecule has 0 aliphatic rings. The smallest absolute Gasteiger partial charge is 0.416 e. The predicted molar refractivity (Wildman–Crippen MR) is 113 cm³/mol. The summed E-state index contributed by atoms with van der Waals surface area (Å²) < 4.78 is 83.7. The molecule has 0 aliphatic carbocycles. The second-order valence-electron chi connectivity index (χ2n) is 7.27. The number of hydrogen-bond acceptors (Lipinski definition) is 4. The monoisotopic (exact) mass is 492 g/mol. The Morgan fingerprint density at radius 2 is 1.40 bits per heavy atom. The molecule has 2 aromatic heterocycles. The van der Waals surface area contributed by atoms with Crippen molar-refractivity contribution in [2.45, 2.75) is 12.4 Å². The van der Waals surface area contributed by atoms with Gasteiger partial charge in [0.05, 0.1) is 29.2 Å². The molecular weight excluding hydrogens is 478 g/mol. The van der Waals surface area contributed by atoms with Crippen LogP contribution in [0.25, 0.3) is 34.5 Å². The highest BCUT2D eigenvalue weighted by Gasteiger charge is 2.31. The van der Waals surface area contributed by atoms with Gasteiger partial charge in [0, 0.05) is 22.9 Å². The number of nitrogens with zero attached hydrogens (tertiary/aromatic N) is 3. The van der Waals surface area contributed by atoms with Gasteiger partial charge in [-0.25, -0.2) is 9.67 Å². The van der Waals surface area contributed by atoms with Crippen LogP contribution >= 0.6 is 0 Å². The van der Waals surface area contributed by atoms with E-state index in [4.69, 9.17) is 10.2 Å². The highest BCUT2D eigenvalue weighted by molar-refractivity contribution is 6.22. The molecule has 2 N–H and O–H groups in total. The van der Waals surface area contributed by atoms with E-state index >= 15 is 0 Å². The number of amides is 1. The Morgan fingerprint density at radius 3 is 1.86 bits per heavy atom. The molecule has 0 bridgehead atoms. The number of nitrogens with two attached hydrogens (primary N) is 1. The quantitative estimate of drug-likeness (QED) is 0.285. The van der Waals surface area contributed by atoms with Crippen molar-refractivity contribution in [3.8, 4) is 22.8 Å². The molecular formula is C23H14F6N4O2. The van der Waals surface area contributed by atoms with Crippen LogP contribution < -0.4 is 5.73 Å². The first-order valence-corrected chi connectivity index (χ1v) is 9.79. The van der Waals surface area contributed by atoms with Crippen LogP contribution in [0.1, 0.15) is 16.7 Å². The molecule has 2 aromatic carbocycles. The zero-order chi connectivity index (χ0) is 25.4. The van der Waals surface area contributed by atoms with Crippen molar-refractivity contribution >= 4 is 17.7 Å². The molecule has 2 heterocycles. The summed E-state index contributed by atoms with van der Waals surface area (Å²) >= 11 is 0. The first-order chi connectivity index (χ1) is 16.4. The number of benzene rings is 2. The van der Waals surface area contributed by atoms with Crippen LogP contribution in [0.15, 0.2) is 71.5 Å². The summed E-state index contributed by atoms with van der Waals surface area (Å²) in [5, 5.41) is 4.24. The minimum atomic E-state index is -4.56. The van der Waals surface area contributed by atoms with Gasteiger partial charge in [0.15, 0.2) is 11.6 Å². The number of aromatic nitrogens is 3. The number of alkyl halides is 6. The highest BCUT2D eigenvalue weighted by atomic mass is 19.4. The molecule has 0 spiro atoms. The molecule has 1 amide bonds. The van der Waals surface area contributed by atoms with Gasteiger partial charge in [0.25, 0.3) is 5.91 Å². The minimum absolute atomic E-state index is 0.0240. The van der Waals surface area contributed by atoms with Crippen molar-refractivity contribution in [3.63, 3.8) is 0 Å². The Hall–Kier alpha value is -4.35. The fourth-order valence-corrected chi connectivity index (χ4v) is 3.17. The van der Waals surface area contributed by atoms with Crippen LogP contribution in [-0.2, 0) is 17.1 Å². The fourth-order valence-electron chi connectivity index (χ4n) is 3.17. The lowest BCUT2D eigenvalue weighted by molar-refractivity contribution is -0.138. The van der Waals surface area contributed by atoms with Crippen LogP contribution in [-0.4, -0.2) is 20.7 Å². The number of hydrogen-bond donors (Lipinski definition) is 1. The third kappa shape index (κ3) is 5.10. The van der Waals surface area contributed by atoms with E-state index in [0.717, 1.165) is 53.2 Å². The summed E-state index contributed by atoms with van der Waals surface area (Å²) in [6.45, 7) is 0. The van der Waals surface area contributed by atoms with E-state index in [-0.39, 0.29) is 28.3 Å². The zero-order valence-electron chi connectivity index (χ0n) is 17.4. The maximum Gasteiger partial charge on any atom is 0.416 e. The summed E-state index contributed by atoms with van der Waals surface area (Å²) in [5.41, 5.74) is 4.38. The van der Waals surface area contributed by atoms with Crippen molar-refractivity contribution in [2.24, 2.45) is 5.73 Å². The Bertz CT molecular complexity index is 1370. The molecule has 6 nitrogen and oxygen atoms in total. The van der Waals surface area contributed by atoms with E-state index in [9.17, 15) is 31.1 Å². The fraction of sp³-hybridized carbons (Fsp3) is 0.0870. The first-order valence-electron chi connectivity index (χ1n) is 9.79. The average Bonchev–Trinajstić information content (AvgIpc) is 3.46. The molecule has 0 saturated carbocycles. The Kier molecular flexibility index (Phi) is 5.97. The van der Waals surface area contributed by atoms with Crippen molar-refractivity contribution in [1.29, 1.82) is 0 Å². The number of primary amides is 1. The van der Waals surface area contributed by atoms with Crippen LogP contribution in [0.4, 0.5) is 26.3 Å². The molecule has 4 rings (SSSR count). The lowest BCUT2D eigenvalue weighted by Gasteiger charge is -2.08. The molecule has 0 radical (unpaired) electrons. The Balaban J connectivity index is 1.85. The molecule has 35 heavy (non-hydrogen) atoms. The summed E-state index contributed by atoms with van der Waals surface area (Å²) in [7, 11) is 0. The molecule has 12 heteroatoms. The van der Waals surface area contributed by atoms with E-state index in [1.165, 1.54) is 24.8 Å². The summed E-state index contributed by atoms with van der Waals surface area (Å²) in [4.78, 5) is 16.3. The summed E-state index contributed by atoms with van der Waals surface area (Å²) in [6.07, 6.45) is -5.33. The number of halogens is 6. The van der Waals surface area contributed by atoms with E-state index in [2.05, 4.69) is 10.1 Å². The zero-order valence-corrected chi connectivity index (χ0v) is 17.4. The van der Waals surface area contributed by atoms with Crippen molar-refractivity contribution < 1.29 is 35.6 Å². The lowest BCUT2D eigenvalue weighted by atomic mass is 10.1. The standard InChI is InChI=1S/C23H14F6N4O2/c24-22(25,26)16-5-1-13(2-6-16)20-31-21(14-3-7-17(8-4-14)23(27,28)29)33(32-20)11-18(19(30)34)15-9-10-35-12-15/h1-12H,(H2,30,34)/b18-11+. The second kappa shape index (κ2) is 8.78. The van der Waals surface area contributed by atoms with Gasteiger partial charge in [-0.15, -0.1) is 5.10 Å². The minimum Gasteiger partial charge on any atom is -0.472 e. The molecule has 0 aliphatic heterocycles. The SMILES string of the molecule is NC(=O)/C(=C/n1nc(-c2ccc(C(F)(F)F)cc2)nc1-c1ccc(C(F)(F)F)cc1)c1ccoc1. The average molecular weight is 492 g/mol. The normalized spacial score (nSPS) is 12.7. The molecule has 0 unspecified atom stereocenters. The van der Waals surface area contributed by atoms with Gasteiger partial charge in [0.1, 0.15) is 0 Å². The van der Waals surface area contributed by atoms with Crippen LogP contribution in [0.3, 0.4) is 0 Å². The van der Waals surface area contributed by atoms with Gasteiger partial charge in [-0.1, -0.05) is 24.3 Å². The molecule has 180 valence electrons. The number of carbonyl (C=O) groups excluding carboxylic acids is 1. The lowest BCUT2D eigenvalue weighted by Crippen LogP contribution is -2.13. The van der Waals surface area contributed by atoms with Crippen molar-refractivity contribution in [3.05, 3.63) is 83.8 Å². The molecule has 0 fully saturated rings. The maximum absolute atomic E-state index is 13.0. The van der Waals surface area contributed by atoms with Gasteiger partial charge in [-0.3, -0.25) is 4.79 Å². The van der Waals surface area contributed by atoms with Gasteiger partial charge in [-0.05, 0) is 30.3 Å². The topological polar surface area (TPSA) is 86.9 Å². The van der Waals surface area contributed by atoms with Gasteiger partial charge in [-0.2, -0.15) is 26.3 Å². The summed E-state index contributed by atoms with van der Waals surface area (Å²) in [6, 6.07) is 9.50. The van der Waals surface area contributed by atoms with E-state index in [1.807, 2.05) is 0 Å². The number of furan rings is 1. The van der Waals surface area contributed by atoms with Gasteiger partial charge >= 0.3 is 12.4 Å². The van der Waals surface area contributed by atoms with E-state index in [0.29, 0.717) is 5.56 Å². The summed E-state index contributed by atoms with van der Waals surface area (Å²) in [5.74, 6) is -0.854. The third-order valence-electron chi connectivity index (χ3n) is 4.92. The first kappa shape index (κ1) is 23.8. The predicted octanol–water partition coefficient (Wildman–Crippen LogP) is 5.73. The Morgan fingerprint density at radius 1 is 0.857 bits per heavy atom. The highest BCUT2D eigenvalue weighted by Crippen LogP contribution is 2.33. The van der Waals surface area contributed by atoms with Crippen LogP contribution in [0, 0.1) is 0 Å². The molecule has 0 atom stereocenters. The number of carbonyl (C=O) groups is 1. The van der Waals surface area contributed by atoms with Crippen LogP contribution in [0.5, 0.6) is 0 Å². The largest absolute Gasteiger partial charge is 0.472 e. The molecule has 4 aromatic rings. The second-order valence-corrected chi connectivity index (χ2v) is 7.27. The third-order valence-corrected chi connectivity index (χ3v) is 4.92. The Labute approximate surface area is 193 Å². The maximum atomic E-state index is 13.0. The van der Waals surface area contributed by atoms with Gasteiger partial charge < -0.3 is 10.2 Å².